The lowest BCUT2D eigenvalue weighted by atomic mass is 10.2. The van der Waals surface area contributed by atoms with Crippen LogP contribution in [0.3, 0.4) is 0 Å². The molecular formula is C15H23N3O. The number of ether oxygens (including phenoxy) is 1. The van der Waals surface area contributed by atoms with Gasteiger partial charge in [0.1, 0.15) is 5.75 Å². The van der Waals surface area contributed by atoms with Crippen molar-refractivity contribution in [2.24, 2.45) is 0 Å². The van der Waals surface area contributed by atoms with Crippen LogP contribution < -0.4 is 15.4 Å². The number of nitrogens with zero attached hydrogens (tertiary/aromatic N) is 2. The van der Waals surface area contributed by atoms with Crippen molar-refractivity contribution in [1.82, 2.24) is 4.90 Å². The summed E-state index contributed by atoms with van der Waals surface area (Å²) in [7, 11) is 0. The van der Waals surface area contributed by atoms with Gasteiger partial charge < -0.3 is 15.4 Å². The molecule has 3 rings (SSSR count). The fourth-order valence-electron chi connectivity index (χ4n) is 2.82. The zero-order chi connectivity index (χ0) is 13.2. The van der Waals surface area contributed by atoms with Crippen molar-refractivity contribution in [2.75, 3.05) is 43.4 Å². The molecule has 0 atom stereocenters. The molecule has 1 saturated heterocycles. The van der Waals surface area contributed by atoms with Crippen molar-refractivity contribution in [3.63, 3.8) is 0 Å². The van der Waals surface area contributed by atoms with Gasteiger partial charge in [-0.1, -0.05) is 0 Å². The fourth-order valence-corrected chi connectivity index (χ4v) is 2.82. The molecule has 19 heavy (non-hydrogen) atoms. The van der Waals surface area contributed by atoms with Crippen LogP contribution in [0.2, 0.25) is 0 Å². The summed E-state index contributed by atoms with van der Waals surface area (Å²) >= 11 is 0. The van der Waals surface area contributed by atoms with Crippen LogP contribution in [0.25, 0.3) is 0 Å². The van der Waals surface area contributed by atoms with E-state index < -0.39 is 0 Å². The lowest BCUT2D eigenvalue weighted by Gasteiger charge is -2.36. The Hall–Kier alpha value is -1.42. The van der Waals surface area contributed by atoms with Gasteiger partial charge in [-0.25, -0.2) is 0 Å². The van der Waals surface area contributed by atoms with Gasteiger partial charge in [-0.3, -0.25) is 4.90 Å². The Morgan fingerprint density at radius 3 is 2.53 bits per heavy atom. The molecule has 4 heteroatoms. The van der Waals surface area contributed by atoms with Crippen molar-refractivity contribution < 1.29 is 4.74 Å². The van der Waals surface area contributed by atoms with Gasteiger partial charge >= 0.3 is 0 Å². The van der Waals surface area contributed by atoms with Gasteiger partial charge in [0.25, 0.3) is 0 Å². The highest BCUT2D eigenvalue weighted by Crippen LogP contribution is 2.30. The number of hydrogen-bond donors (Lipinski definition) is 1. The van der Waals surface area contributed by atoms with Gasteiger partial charge in [0.15, 0.2) is 0 Å². The molecule has 0 radical (unpaired) electrons. The quantitative estimate of drug-likeness (QED) is 0.841. The van der Waals surface area contributed by atoms with E-state index in [0.29, 0.717) is 6.61 Å². The second-order valence-electron chi connectivity index (χ2n) is 5.45. The van der Waals surface area contributed by atoms with E-state index in [2.05, 4.69) is 21.9 Å². The molecule has 0 bridgehead atoms. The summed E-state index contributed by atoms with van der Waals surface area (Å²) in [5.41, 5.74) is 7.94. The molecule has 1 aromatic carbocycles. The Morgan fingerprint density at radius 2 is 1.89 bits per heavy atom. The molecule has 0 aromatic heterocycles. The van der Waals surface area contributed by atoms with Gasteiger partial charge in [0.05, 0.1) is 6.61 Å². The highest BCUT2D eigenvalue weighted by Gasteiger charge is 2.31. The first kappa shape index (κ1) is 12.6. The summed E-state index contributed by atoms with van der Waals surface area (Å²) in [6, 6.07) is 6.93. The van der Waals surface area contributed by atoms with E-state index in [1.807, 2.05) is 13.0 Å². The van der Waals surface area contributed by atoms with Gasteiger partial charge in [-0.2, -0.15) is 0 Å². The zero-order valence-corrected chi connectivity index (χ0v) is 11.6. The van der Waals surface area contributed by atoms with Gasteiger partial charge in [-0.15, -0.1) is 0 Å². The van der Waals surface area contributed by atoms with Crippen LogP contribution in [-0.2, 0) is 0 Å². The van der Waals surface area contributed by atoms with E-state index in [1.54, 1.807) is 0 Å². The Morgan fingerprint density at radius 1 is 1.16 bits per heavy atom. The SMILES string of the molecule is CCOc1cc(N)cc(N2CCN(C3CC3)CC2)c1. The van der Waals surface area contributed by atoms with Crippen LogP contribution in [0.15, 0.2) is 18.2 Å². The average molecular weight is 261 g/mol. The maximum absolute atomic E-state index is 5.96. The van der Waals surface area contributed by atoms with Crippen LogP contribution in [-0.4, -0.2) is 43.7 Å². The third kappa shape index (κ3) is 2.95. The fraction of sp³-hybridized carbons (Fsp3) is 0.600. The number of rotatable bonds is 4. The average Bonchev–Trinajstić information content (AvgIpc) is 3.23. The smallest absolute Gasteiger partial charge is 0.123 e. The molecule has 2 fully saturated rings. The van der Waals surface area contributed by atoms with Crippen molar-refractivity contribution in [2.45, 2.75) is 25.8 Å². The molecule has 0 amide bonds. The zero-order valence-electron chi connectivity index (χ0n) is 11.6. The minimum Gasteiger partial charge on any atom is -0.494 e. The van der Waals surface area contributed by atoms with E-state index in [4.69, 9.17) is 10.5 Å². The van der Waals surface area contributed by atoms with Gasteiger partial charge in [-0.05, 0) is 25.8 Å². The van der Waals surface area contributed by atoms with E-state index in [1.165, 1.54) is 31.6 Å². The molecule has 2 N–H and O–H groups in total. The van der Waals surface area contributed by atoms with Crippen molar-refractivity contribution >= 4 is 11.4 Å². The number of hydrogen-bond acceptors (Lipinski definition) is 4. The van der Waals surface area contributed by atoms with E-state index in [9.17, 15) is 0 Å². The lowest BCUT2D eigenvalue weighted by molar-refractivity contribution is 0.248. The van der Waals surface area contributed by atoms with Crippen LogP contribution in [0, 0.1) is 0 Å². The van der Waals surface area contributed by atoms with Crippen molar-refractivity contribution in [3.05, 3.63) is 18.2 Å². The van der Waals surface area contributed by atoms with Crippen LogP contribution >= 0.6 is 0 Å². The molecular weight excluding hydrogens is 238 g/mol. The third-order valence-corrected chi connectivity index (χ3v) is 3.97. The predicted molar refractivity (Wildman–Crippen MR) is 78.8 cm³/mol. The number of benzene rings is 1. The largest absolute Gasteiger partial charge is 0.494 e. The molecule has 1 aliphatic carbocycles. The molecule has 104 valence electrons. The monoisotopic (exact) mass is 261 g/mol. The lowest BCUT2D eigenvalue weighted by Crippen LogP contribution is -2.47. The Labute approximate surface area is 115 Å². The summed E-state index contributed by atoms with van der Waals surface area (Å²) in [5.74, 6) is 0.877. The number of anilines is 2. The van der Waals surface area contributed by atoms with Crippen molar-refractivity contribution in [3.8, 4) is 5.75 Å². The summed E-state index contributed by atoms with van der Waals surface area (Å²) < 4.78 is 5.57. The molecule has 0 unspecified atom stereocenters. The standard InChI is InChI=1S/C15H23N3O/c1-2-19-15-10-12(16)9-14(11-15)18-7-5-17(6-8-18)13-3-4-13/h9-11,13H,2-8,16H2,1H3. The minimum absolute atomic E-state index is 0.679. The Balaban J connectivity index is 1.68. The van der Waals surface area contributed by atoms with Gasteiger partial charge in [0.2, 0.25) is 0 Å². The number of nitrogen functional groups attached to an aromatic ring is 1. The van der Waals surface area contributed by atoms with E-state index in [-0.39, 0.29) is 0 Å². The summed E-state index contributed by atoms with van der Waals surface area (Å²) in [4.78, 5) is 5.03. The maximum atomic E-state index is 5.96. The van der Waals surface area contributed by atoms with Crippen LogP contribution in [0.1, 0.15) is 19.8 Å². The first-order valence-corrected chi connectivity index (χ1v) is 7.28. The van der Waals surface area contributed by atoms with Crippen LogP contribution in [0.5, 0.6) is 5.75 Å². The molecule has 1 heterocycles. The van der Waals surface area contributed by atoms with Crippen LogP contribution in [0.4, 0.5) is 11.4 Å². The summed E-state index contributed by atoms with van der Waals surface area (Å²) in [6.07, 6.45) is 2.79. The molecule has 2 aliphatic rings. The molecule has 1 aromatic rings. The van der Waals surface area contributed by atoms with E-state index in [0.717, 1.165) is 30.6 Å². The third-order valence-electron chi connectivity index (χ3n) is 3.97. The van der Waals surface area contributed by atoms with Crippen molar-refractivity contribution in [1.29, 1.82) is 0 Å². The Bertz CT molecular complexity index is 437. The number of nitrogens with two attached hydrogens (primary N) is 1. The normalized spacial score (nSPS) is 20.6. The summed E-state index contributed by atoms with van der Waals surface area (Å²) in [5, 5.41) is 0. The van der Waals surface area contributed by atoms with E-state index >= 15 is 0 Å². The second-order valence-corrected chi connectivity index (χ2v) is 5.45. The molecule has 1 aliphatic heterocycles. The topological polar surface area (TPSA) is 41.7 Å². The first-order chi connectivity index (χ1) is 9.26. The maximum Gasteiger partial charge on any atom is 0.123 e. The minimum atomic E-state index is 0.679. The molecule has 1 saturated carbocycles. The summed E-state index contributed by atoms with van der Waals surface area (Å²) in [6.45, 7) is 7.19. The second kappa shape index (κ2) is 5.29. The van der Waals surface area contributed by atoms with Gasteiger partial charge in [0, 0.05) is 55.7 Å². The Kier molecular flexibility index (Phi) is 3.51. The highest BCUT2D eigenvalue weighted by molar-refractivity contribution is 5.60. The number of piperazine rings is 1. The first-order valence-electron chi connectivity index (χ1n) is 7.28. The molecule has 4 nitrogen and oxygen atoms in total. The predicted octanol–water partition coefficient (Wildman–Crippen LogP) is 1.95. The molecule has 0 spiro atoms. The highest BCUT2D eigenvalue weighted by atomic mass is 16.5.